The lowest BCUT2D eigenvalue weighted by Crippen LogP contribution is -1.82. The van der Waals surface area contributed by atoms with Crippen LogP contribution in [-0.2, 0) is 0 Å². The van der Waals surface area contributed by atoms with Crippen molar-refractivity contribution in [3.8, 4) is 11.3 Å². The number of rotatable bonds is 2. The SMILES string of the molecule is O=Cc1sccc1-c1ccccn1. The smallest absolute Gasteiger partial charge is 0.160 e. The van der Waals surface area contributed by atoms with Gasteiger partial charge in [0.25, 0.3) is 0 Å². The minimum atomic E-state index is 0.735. The Kier molecular flexibility index (Phi) is 2.19. The average Bonchev–Trinajstić information content (AvgIpc) is 2.67. The normalized spacial score (nSPS) is 9.85. The largest absolute Gasteiger partial charge is 0.297 e. The van der Waals surface area contributed by atoms with E-state index in [1.54, 1.807) is 6.20 Å². The molecule has 2 aromatic rings. The van der Waals surface area contributed by atoms with Crippen molar-refractivity contribution in [3.63, 3.8) is 0 Å². The van der Waals surface area contributed by atoms with E-state index in [2.05, 4.69) is 4.98 Å². The van der Waals surface area contributed by atoms with Crippen LogP contribution in [0, 0.1) is 0 Å². The summed E-state index contributed by atoms with van der Waals surface area (Å²) < 4.78 is 0. The molecule has 2 heterocycles. The lowest BCUT2D eigenvalue weighted by Gasteiger charge is -1.95. The highest BCUT2D eigenvalue weighted by Crippen LogP contribution is 2.24. The molecule has 2 rings (SSSR count). The molecule has 2 nitrogen and oxygen atoms in total. The lowest BCUT2D eigenvalue weighted by molar-refractivity contribution is 0.112. The summed E-state index contributed by atoms with van der Waals surface area (Å²) >= 11 is 1.44. The van der Waals surface area contributed by atoms with Crippen LogP contribution in [0.1, 0.15) is 9.67 Å². The van der Waals surface area contributed by atoms with Crippen molar-refractivity contribution in [1.29, 1.82) is 0 Å². The first-order chi connectivity index (χ1) is 6.42. The molecule has 0 N–H and O–H groups in total. The van der Waals surface area contributed by atoms with Crippen molar-refractivity contribution in [2.45, 2.75) is 0 Å². The molecule has 0 saturated heterocycles. The van der Waals surface area contributed by atoms with E-state index in [9.17, 15) is 4.79 Å². The van der Waals surface area contributed by atoms with Gasteiger partial charge >= 0.3 is 0 Å². The Hall–Kier alpha value is -1.48. The van der Waals surface area contributed by atoms with Gasteiger partial charge in [0.15, 0.2) is 6.29 Å². The third-order valence-corrected chi connectivity index (χ3v) is 2.59. The van der Waals surface area contributed by atoms with Gasteiger partial charge in [-0.05, 0) is 23.6 Å². The maximum absolute atomic E-state index is 10.6. The second kappa shape index (κ2) is 3.49. The van der Waals surface area contributed by atoms with E-state index in [1.807, 2.05) is 29.6 Å². The number of thiophene rings is 1. The van der Waals surface area contributed by atoms with E-state index in [0.29, 0.717) is 0 Å². The fraction of sp³-hybridized carbons (Fsp3) is 0. The maximum atomic E-state index is 10.6. The zero-order chi connectivity index (χ0) is 9.10. The number of nitrogens with zero attached hydrogens (tertiary/aromatic N) is 1. The summed E-state index contributed by atoms with van der Waals surface area (Å²) in [6.45, 7) is 0. The van der Waals surface area contributed by atoms with Crippen LogP contribution < -0.4 is 0 Å². The number of hydrogen-bond donors (Lipinski definition) is 0. The van der Waals surface area contributed by atoms with Crippen LogP contribution >= 0.6 is 11.3 Å². The highest BCUT2D eigenvalue weighted by Gasteiger charge is 2.05. The third-order valence-electron chi connectivity index (χ3n) is 1.74. The standard InChI is InChI=1S/C10H7NOS/c12-7-10-8(4-6-13-10)9-3-1-2-5-11-9/h1-7H. The summed E-state index contributed by atoms with van der Waals surface area (Å²) in [6, 6.07) is 7.58. The number of aromatic nitrogens is 1. The molecule has 2 aromatic heterocycles. The number of carbonyl (C=O) groups is 1. The van der Waals surface area contributed by atoms with Crippen molar-refractivity contribution >= 4 is 17.6 Å². The number of carbonyl (C=O) groups excluding carboxylic acids is 1. The predicted octanol–water partition coefficient (Wildman–Crippen LogP) is 2.62. The Morgan fingerprint density at radius 2 is 2.23 bits per heavy atom. The maximum Gasteiger partial charge on any atom is 0.160 e. The predicted molar refractivity (Wildman–Crippen MR) is 52.9 cm³/mol. The molecule has 0 radical (unpaired) electrons. The molecule has 0 bridgehead atoms. The quantitative estimate of drug-likeness (QED) is 0.680. The Bertz CT molecular complexity index is 408. The Morgan fingerprint density at radius 1 is 1.31 bits per heavy atom. The molecule has 0 aliphatic carbocycles. The van der Waals surface area contributed by atoms with Crippen LogP contribution in [0.25, 0.3) is 11.3 Å². The molecule has 0 fully saturated rings. The highest BCUT2D eigenvalue weighted by atomic mass is 32.1. The minimum Gasteiger partial charge on any atom is -0.297 e. The van der Waals surface area contributed by atoms with E-state index >= 15 is 0 Å². The first-order valence-electron chi connectivity index (χ1n) is 3.86. The van der Waals surface area contributed by atoms with Gasteiger partial charge in [-0.15, -0.1) is 11.3 Å². The van der Waals surface area contributed by atoms with Gasteiger partial charge in [0.2, 0.25) is 0 Å². The van der Waals surface area contributed by atoms with E-state index < -0.39 is 0 Å². The first kappa shape index (κ1) is 8.13. The second-order valence-electron chi connectivity index (χ2n) is 2.53. The highest BCUT2D eigenvalue weighted by molar-refractivity contribution is 7.12. The summed E-state index contributed by atoms with van der Waals surface area (Å²) in [5.74, 6) is 0. The molecule has 0 saturated carbocycles. The van der Waals surface area contributed by atoms with Crippen LogP contribution in [0.15, 0.2) is 35.8 Å². The van der Waals surface area contributed by atoms with E-state index in [-0.39, 0.29) is 0 Å². The van der Waals surface area contributed by atoms with Gasteiger partial charge in [-0.2, -0.15) is 0 Å². The van der Waals surface area contributed by atoms with Crippen molar-refractivity contribution in [3.05, 3.63) is 40.7 Å². The van der Waals surface area contributed by atoms with Crippen LogP contribution in [-0.4, -0.2) is 11.3 Å². The Morgan fingerprint density at radius 3 is 2.92 bits per heavy atom. The monoisotopic (exact) mass is 189 g/mol. The zero-order valence-corrected chi connectivity index (χ0v) is 7.62. The van der Waals surface area contributed by atoms with Crippen LogP contribution in [0.4, 0.5) is 0 Å². The lowest BCUT2D eigenvalue weighted by atomic mass is 10.2. The molecule has 0 atom stereocenters. The minimum absolute atomic E-state index is 0.735. The van der Waals surface area contributed by atoms with Gasteiger partial charge in [0.05, 0.1) is 10.6 Å². The Balaban J connectivity index is 2.52. The van der Waals surface area contributed by atoms with E-state index in [4.69, 9.17) is 0 Å². The first-order valence-corrected chi connectivity index (χ1v) is 4.74. The van der Waals surface area contributed by atoms with Gasteiger partial charge in [-0.25, -0.2) is 0 Å². The summed E-state index contributed by atoms with van der Waals surface area (Å²) in [4.78, 5) is 15.6. The number of hydrogen-bond acceptors (Lipinski definition) is 3. The summed E-state index contributed by atoms with van der Waals surface area (Å²) in [7, 11) is 0. The number of pyridine rings is 1. The van der Waals surface area contributed by atoms with Crippen molar-refractivity contribution in [2.24, 2.45) is 0 Å². The third kappa shape index (κ3) is 1.51. The molecule has 0 aliphatic rings. The van der Waals surface area contributed by atoms with Crippen molar-refractivity contribution in [2.75, 3.05) is 0 Å². The molecular formula is C10H7NOS. The van der Waals surface area contributed by atoms with Gasteiger partial charge in [-0.1, -0.05) is 6.07 Å². The molecule has 0 spiro atoms. The van der Waals surface area contributed by atoms with E-state index in [0.717, 1.165) is 22.4 Å². The van der Waals surface area contributed by atoms with Gasteiger partial charge in [0.1, 0.15) is 0 Å². The second-order valence-corrected chi connectivity index (χ2v) is 3.48. The van der Waals surface area contributed by atoms with Crippen molar-refractivity contribution in [1.82, 2.24) is 4.98 Å². The molecule has 3 heteroatoms. The average molecular weight is 189 g/mol. The van der Waals surface area contributed by atoms with E-state index in [1.165, 1.54) is 11.3 Å². The molecule has 0 unspecified atom stereocenters. The van der Waals surface area contributed by atoms with Crippen LogP contribution in [0.2, 0.25) is 0 Å². The van der Waals surface area contributed by atoms with Gasteiger partial charge in [-0.3, -0.25) is 9.78 Å². The number of aldehydes is 1. The molecule has 0 aliphatic heterocycles. The molecular weight excluding hydrogens is 182 g/mol. The zero-order valence-electron chi connectivity index (χ0n) is 6.81. The summed E-state index contributed by atoms with van der Waals surface area (Å²) in [6.07, 6.45) is 2.59. The molecule has 0 amide bonds. The summed E-state index contributed by atoms with van der Waals surface area (Å²) in [5, 5.41) is 1.90. The van der Waals surface area contributed by atoms with Gasteiger partial charge in [0, 0.05) is 11.8 Å². The van der Waals surface area contributed by atoms with Gasteiger partial charge < -0.3 is 0 Å². The van der Waals surface area contributed by atoms with Crippen LogP contribution in [0.5, 0.6) is 0 Å². The summed E-state index contributed by atoms with van der Waals surface area (Å²) in [5.41, 5.74) is 1.77. The van der Waals surface area contributed by atoms with Crippen LogP contribution in [0.3, 0.4) is 0 Å². The molecule has 13 heavy (non-hydrogen) atoms. The fourth-order valence-corrected chi connectivity index (χ4v) is 1.85. The molecule has 0 aromatic carbocycles. The van der Waals surface area contributed by atoms with Crippen molar-refractivity contribution < 1.29 is 4.79 Å². The Labute approximate surface area is 79.9 Å². The fourth-order valence-electron chi connectivity index (χ4n) is 1.15. The topological polar surface area (TPSA) is 30.0 Å². The molecule has 64 valence electrons.